The lowest BCUT2D eigenvalue weighted by molar-refractivity contribution is 0.312. The van der Waals surface area contributed by atoms with Gasteiger partial charge in [0, 0.05) is 24.0 Å². The van der Waals surface area contributed by atoms with E-state index in [0.29, 0.717) is 5.92 Å². The van der Waals surface area contributed by atoms with Crippen molar-refractivity contribution in [1.82, 2.24) is 15.5 Å². The molecule has 3 unspecified atom stereocenters. The van der Waals surface area contributed by atoms with Gasteiger partial charge in [-0.1, -0.05) is 24.9 Å². The van der Waals surface area contributed by atoms with Gasteiger partial charge in [0.15, 0.2) is 5.82 Å². The average Bonchev–Trinajstić information content (AvgIpc) is 2.89. The molecule has 1 aliphatic heterocycles. The lowest BCUT2D eigenvalue weighted by Crippen LogP contribution is -2.30. The average molecular weight is 267 g/mol. The van der Waals surface area contributed by atoms with E-state index < -0.39 is 0 Å². The molecular formula is C13H21N3OS. The Balaban J connectivity index is 1.68. The van der Waals surface area contributed by atoms with Crippen LogP contribution in [-0.2, 0) is 0 Å². The molecule has 1 aromatic heterocycles. The van der Waals surface area contributed by atoms with Crippen molar-refractivity contribution in [2.75, 3.05) is 18.1 Å². The smallest absolute Gasteiger partial charge is 0.244 e. The van der Waals surface area contributed by atoms with Crippen LogP contribution in [0.1, 0.15) is 56.3 Å². The van der Waals surface area contributed by atoms with Gasteiger partial charge in [-0.05, 0) is 18.8 Å². The molecule has 2 fully saturated rings. The predicted molar refractivity (Wildman–Crippen MR) is 72.7 cm³/mol. The van der Waals surface area contributed by atoms with Crippen LogP contribution in [0.2, 0.25) is 0 Å². The van der Waals surface area contributed by atoms with Crippen molar-refractivity contribution in [2.45, 2.75) is 44.6 Å². The van der Waals surface area contributed by atoms with Gasteiger partial charge in [-0.2, -0.15) is 16.7 Å². The number of aromatic nitrogens is 2. The topological polar surface area (TPSA) is 51.0 Å². The molecule has 2 aliphatic rings. The van der Waals surface area contributed by atoms with Crippen molar-refractivity contribution in [3.8, 4) is 0 Å². The van der Waals surface area contributed by atoms with Crippen LogP contribution in [-0.4, -0.2) is 28.2 Å². The largest absolute Gasteiger partial charge is 0.338 e. The molecule has 3 atom stereocenters. The maximum atomic E-state index is 5.46. The summed E-state index contributed by atoms with van der Waals surface area (Å²) in [6.07, 6.45) is 5.08. The minimum absolute atomic E-state index is 0.256. The number of hydrogen-bond acceptors (Lipinski definition) is 5. The highest BCUT2D eigenvalue weighted by atomic mass is 32.2. The standard InChI is InChI=1S/C13H21N3OS/c1-9-3-2-4-10(7-9)12-15-13(17-16-12)11-8-18-6-5-14-11/h9-11,14H,2-8H2,1H3. The zero-order chi connectivity index (χ0) is 12.4. The van der Waals surface area contributed by atoms with E-state index in [0.717, 1.165) is 29.9 Å². The predicted octanol–water partition coefficient (Wildman–Crippen LogP) is 2.74. The molecule has 0 bridgehead atoms. The van der Waals surface area contributed by atoms with Gasteiger partial charge in [-0.15, -0.1) is 0 Å². The minimum atomic E-state index is 0.256. The van der Waals surface area contributed by atoms with E-state index in [9.17, 15) is 0 Å². The Bertz CT molecular complexity index is 389. The first-order valence-corrected chi connectivity index (χ1v) is 8.13. The van der Waals surface area contributed by atoms with Crippen molar-refractivity contribution in [3.63, 3.8) is 0 Å². The van der Waals surface area contributed by atoms with Gasteiger partial charge in [0.05, 0.1) is 6.04 Å². The van der Waals surface area contributed by atoms with Crippen molar-refractivity contribution >= 4 is 11.8 Å². The van der Waals surface area contributed by atoms with E-state index in [4.69, 9.17) is 4.52 Å². The first kappa shape index (κ1) is 12.5. The molecule has 100 valence electrons. The Labute approximate surface area is 112 Å². The lowest BCUT2D eigenvalue weighted by atomic mass is 9.82. The second-order valence-corrected chi connectivity index (χ2v) is 6.69. The lowest BCUT2D eigenvalue weighted by Gasteiger charge is -2.24. The number of nitrogens with one attached hydrogen (secondary N) is 1. The van der Waals surface area contributed by atoms with Crippen LogP contribution < -0.4 is 5.32 Å². The molecule has 0 radical (unpaired) electrons. The molecule has 1 aliphatic carbocycles. The van der Waals surface area contributed by atoms with Crippen molar-refractivity contribution in [3.05, 3.63) is 11.7 Å². The quantitative estimate of drug-likeness (QED) is 0.893. The summed E-state index contributed by atoms with van der Waals surface area (Å²) in [5.74, 6) is 5.27. The fourth-order valence-corrected chi connectivity index (χ4v) is 3.87. The summed E-state index contributed by atoms with van der Waals surface area (Å²) in [5, 5.41) is 7.66. The third-order valence-corrected chi connectivity index (χ3v) is 5.04. The van der Waals surface area contributed by atoms with Crippen molar-refractivity contribution in [1.29, 1.82) is 0 Å². The molecule has 0 amide bonds. The zero-order valence-electron chi connectivity index (χ0n) is 10.9. The van der Waals surface area contributed by atoms with Gasteiger partial charge >= 0.3 is 0 Å². The summed E-state index contributed by atoms with van der Waals surface area (Å²) < 4.78 is 5.46. The molecule has 18 heavy (non-hydrogen) atoms. The Morgan fingerprint density at radius 3 is 3.11 bits per heavy atom. The summed E-state index contributed by atoms with van der Waals surface area (Å²) in [6, 6.07) is 0.256. The van der Waals surface area contributed by atoms with Crippen LogP contribution in [0, 0.1) is 5.92 Å². The molecule has 1 saturated carbocycles. The first-order valence-electron chi connectivity index (χ1n) is 6.97. The molecule has 1 N–H and O–H groups in total. The molecule has 4 nitrogen and oxygen atoms in total. The van der Waals surface area contributed by atoms with Crippen LogP contribution in [0.25, 0.3) is 0 Å². The number of rotatable bonds is 2. The number of thioether (sulfide) groups is 1. The van der Waals surface area contributed by atoms with E-state index in [1.165, 1.54) is 31.4 Å². The van der Waals surface area contributed by atoms with Gasteiger partial charge in [-0.25, -0.2) is 0 Å². The SMILES string of the molecule is CC1CCCC(c2noc(C3CSCCN3)n2)C1. The van der Waals surface area contributed by atoms with Gasteiger partial charge in [0.25, 0.3) is 0 Å². The third-order valence-electron chi connectivity index (χ3n) is 3.98. The fraction of sp³-hybridized carbons (Fsp3) is 0.846. The van der Waals surface area contributed by atoms with E-state index in [-0.39, 0.29) is 6.04 Å². The van der Waals surface area contributed by atoms with Crippen LogP contribution in [0.3, 0.4) is 0 Å². The van der Waals surface area contributed by atoms with Gasteiger partial charge in [0.2, 0.25) is 5.89 Å². The van der Waals surface area contributed by atoms with Crippen molar-refractivity contribution in [2.24, 2.45) is 5.92 Å². The normalized spacial score (nSPS) is 33.5. The second-order valence-electron chi connectivity index (χ2n) is 5.54. The van der Waals surface area contributed by atoms with E-state index in [2.05, 4.69) is 22.4 Å². The molecule has 1 aromatic rings. The van der Waals surface area contributed by atoms with Crippen LogP contribution in [0.4, 0.5) is 0 Å². The van der Waals surface area contributed by atoms with Gasteiger partial charge in [-0.3, -0.25) is 0 Å². The number of nitrogens with zero attached hydrogens (tertiary/aromatic N) is 2. The summed E-state index contributed by atoms with van der Waals surface area (Å²) >= 11 is 1.95. The zero-order valence-corrected chi connectivity index (χ0v) is 11.7. The Morgan fingerprint density at radius 2 is 2.33 bits per heavy atom. The van der Waals surface area contributed by atoms with Crippen LogP contribution in [0.5, 0.6) is 0 Å². The molecule has 0 aromatic carbocycles. The van der Waals surface area contributed by atoms with Crippen LogP contribution in [0.15, 0.2) is 4.52 Å². The van der Waals surface area contributed by atoms with E-state index >= 15 is 0 Å². The second kappa shape index (κ2) is 5.61. The number of hydrogen-bond donors (Lipinski definition) is 1. The maximum Gasteiger partial charge on any atom is 0.244 e. The monoisotopic (exact) mass is 267 g/mol. The highest BCUT2D eigenvalue weighted by molar-refractivity contribution is 7.99. The van der Waals surface area contributed by atoms with Crippen molar-refractivity contribution < 1.29 is 4.52 Å². The molecule has 3 rings (SSSR count). The third kappa shape index (κ3) is 2.72. The highest BCUT2D eigenvalue weighted by Gasteiger charge is 2.27. The maximum absolute atomic E-state index is 5.46. The Hall–Kier alpha value is -0.550. The highest BCUT2D eigenvalue weighted by Crippen LogP contribution is 2.35. The van der Waals surface area contributed by atoms with E-state index in [1.54, 1.807) is 0 Å². The van der Waals surface area contributed by atoms with Gasteiger partial charge in [0.1, 0.15) is 0 Å². The fourth-order valence-electron chi connectivity index (χ4n) is 2.95. The summed E-state index contributed by atoms with van der Waals surface area (Å²) in [5.41, 5.74) is 0. The Morgan fingerprint density at radius 1 is 1.39 bits per heavy atom. The first-order chi connectivity index (χ1) is 8.83. The van der Waals surface area contributed by atoms with E-state index in [1.807, 2.05) is 11.8 Å². The molecular weight excluding hydrogens is 246 g/mol. The summed E-state index contributed by atoms with van der Waals surface area (Å²) in [6.45, 7) is 3.36. The summed E-state index contributed by atoms with van der Waals surface area (Å²) in [4.78, 5) is 4.64. The molecule has 2 heterocycles. The molecule has 1 saturated heterocycles. The van der Waals surface area contributed by atoms with Crippen LogP contribution >= 0.6 is 11.8 Å². The van der Waals surface area contributed by atoms with Gasteiger partial charge < -0.3 is 9.84 Å². The summed E-state index contributed by atoms with van der Waals surface area (Å²) in [7, 11) is 0. The Kier molecular flexibility index (Phi) is 3.89. The molecule has 5 heteroatoms. The molecule has 0 spiro atoms. The minimum Gasteiger partial charge on any atom is -0.338 e.